The number of aromatic carboxylic acids is 1. The van der Waals surface area contributed by atoms with Crippen molar-refractivity contribution in [3.63, 3.8) is 0 Å². The molecule has 0 bridgehead atoms. The Balaban J connectivity index is 1.93. The Morgan fingerprint density at radius 3 is 3.00 bits per heavy atom. The van der Waals surface area contributed by atoms with E-state index >= 15 is 0 Å². The monoisotopic (exact) mass is 250 g/mol. The molecule has 1 unspecified atom stereocenters. The van der Waals surface area contributed by atoms with Gasteiger partial charge in [0, 0.05) is 24.5 Å². The number of nitrogen functional groups attached to an aromatic ring is 1. The van der Waals surface area contributed by atoms with E-state index < -0.39 is 5.97 Å². The minimum absolute atomic E-state index is 0.140. The number of hydrogen-bond donors (Lipinski definition) is 3. The van der Waals surface area contributed by atoms with Crippen LogP contribution >= 0.6 is 0 Å². The van der Waals surface area contributed by atoms with Crippen LogP contribution in [-0.2, 0) is 4.74 Å². The molecule has 0 aliphatic carbocycles. The summed E-state index contributed by atoms with van der Waals surface area (Å²) in [4.78, 5) is 10.8. The number of anilines is 2. The Morgan fingerprint density at radius 2 is 2.39 bits per heavy atom. The predicted molar refractivity (Wildman–Crippen MR) is 69.8 cm³/mol. The first-order valence-electron chi connectivity index (χ1n) is 6.11. The minimum Gasteiger partial charge on any atom is -0.478 e. The van der Waals surface area contributed by atoms with Crippen molar-refractivity contribution in [1.82, 2.24) is 0 Å². The number of nitrogens with two attached hydrogens (primary N) is 1. The smallest absolute Gasteiger partial charge is 0.337 e. The summed E-state index contributed by atoms with van der Waals surface area (Å²) in [6, 6.07) is 4.92. The molecule has 18 heavy (non-hydrogen) atoms. The van der Waals surface area contributed by atoms with E-state index in [-0.39, 0.29) is 11.3 Å². The average Bonchev–Trinajstić information content (AvgIpc) is 2.37. The lowest BCUT2D eigenvalue weighted by molar-refractivity contribution is 0.0595. The molecule has 0 radical (unpaired) electrons. The SMILES string of the molecule is Nc1cc(NCC2CCCOC2)ccc1C(=O)O. The van der Waals surface area contributed by atoms with Crippen LogP contribution in [0.1, 0.15) is 23.2 Å². The van der Waals surface area contributed by atoms with Crippen molar-refractivity contribution in [2.75, 3.05) is 30.8 Å². The first-order chi connectivity index (χ1) is 8.66. The molecule has 1 aliphatic heterocycles. The fourth-order valence-corrected chi connectivity index (χ4v) is 2.10. The lowest BCUT2D eigenvalue weighted by atomic mass is 10.0. The summed E-state index contributed by atoms with van der Waals surface area (Å²) in [5.41, 5.74) is 6.96. The van der Waals surface area contributed by atoms with Crippen LogP contribution in [0, 0.1) is 5.92 Å². The fraction of sp³-hybridized carbons (Fsp3) is 0.462. The molecular formula is C13H18N2O3. The number of carboxylic acids is 1. The largest absolute Gasteiger partial charge is 0.478 e. The summed E-state index contributed by atoms with van der Waals surface area (Å²) in [5.74, 6) is -0.487. The van der Waals surface area contributed by atoms with E-state index in [1.54, 1.807) is 12.1 Å². The van der Waals surface area contributed by atoms with Gasteiger partial charge in [0.05, 0.1) is 12.2 Å². The first-order valence-corrected chi connectivity index (χ1v) is 6.11. The molecule has 1 aromatic rings. The maximum atomic E-state index is 10.8. The van der Waals surface area contributed by atoms with E-state index in [1.807, 2.05) is 0 Å². The number of benzene rings is 1. The third kappa shape index (κ3) is 3.13. The molecule has 1 aromatic carbocycles. The predicted octanol–water partition coefficient (Wildman–Crippen LogP) is 1.81. The van der Waals surface area contributed by atoms with Crippen LogP contribution in [0.15, 0.2) is 18.2 Å². The van der Waals surface area contributed by atoms with Crippen LogP contribution in [-0.4, -0.2) is 30.8 Å². The summed E-state index contributed by atoms with van der Waals surface area (Å²) in [6.45, 7) is 2.47. The van der Waals surface area contributed by atoms with E-state index in [2.05, 4.69) is 5.32 Å². The van der Waals surface area contributed by atoms with Gasteiger partial charge in [0.1, 0.15) is 0 Å². The van der Waals surface area contributed by atoms with Crippen LogP contribution in [0.2, 0.25) is 0 Å². The summed E-state index contributed by atoms with van der Waals surface area (Å²) >= 11 is 0. The summed E-state index contributed by atoms with van der Waals surface area (Å²) in [6.07, 6.45) is 2.27. The van der Waals surface area contributed by atoms with Gasteiger partial charge in [-0.2, -0.15) is 0 Å². The quantitative estimate of drug-likeness (QED) is 0.710. The molecule has 5 nitrogen and oxygen atoms in total. The molecule has 1 aliphatic rings. The molecule has 0 saturated carbocycles. The standard InChI is InChI=1S/C13H18N2O3/c14-12-6-10(3-4-11(12)13(16)17)15-7-9-2-1-5-18-8-9/h3-4,6,9,15H,1-2,5,7-8,14H2,(H,16,17). The lowest BCUT2D eigenvalue weighted by Gasteiger charge is -2.22. The lowest BCUT2D eigenvalue weighted by Crippen LogP contribution is -2.24. The second-order valence-corrected chi connectivity index (χ2v) is 4.57. The van der Waals surface area contributed by atoms with Crippen molar-refractivity contribution >= 4 is 17.3 Å². The number of nitrogens with one attached hydrogen (secondary N) is 1. The van der Waals surface area contributed by atoms with Crippen molar-refractivity contribution in [1.29, 1.82) is 0 Å². The van der Waals surface area contributed by atoms with Crippen LogP contribution < -0.4 is 11.1 Å². The molecular weight excluding hydrogens is 232 g/mol. The van der Waals surface area contributed by atoms with Crippen molar-refractivity contribution in [2.45, 2.75) is 12.8 Å². The Labute approximate surface area is 106 Å². The Morgan fingerprint density at radius 1 is 1.56 bits per heavy atom. The average molecular weight is 250 g/mol. The zero-order valence-corrected chi connectivity index (χ0v) is 10.2. The van der Waals surface area contributed by atoms with Gasteiger partial charge in [-0.15, -0.1) is 0 Å². The molecule has 98 valence electrons. The molecule has 4 N–H and O–H groups in total. The van der Waals surface area contributed by atoms with Crippen molar-refractivity contribution in [2.24, 2.45) is 5.92 Å². The van der Waals surface area contributed by atoms with Gasteiger partial charge < -0.3 is 20.9 Å². The fourth-order valence-electron chi connectivity index (χ4n) is 2.10. The van der Waals surface area contributed by atoms with Crippen LogP contribution in [0.3, 0.4) is 0 Å². The zero-order chi connectivity index (χ0) is 13.0. The second-order valence-electron chi connectivity index (χ2n) is 4.57. The van der Waals surface area contributed by atoms with Crippen molar-refractivity contribution in [3.8, 4) is 0 Å². The van der Waals surface area contributed by atoms with E-state index in [0.29, 0.717) is 5.92 Å². The molecule has 0 amide bonds. The first kappa shape index (κ1) is 12.7. The van der Waals surface area contributed by atoms with Crippen LogP contribution in [0.5, 0.6) is 0 Å². The number of ether oxygens (including phenoxy) is 1. The molecule has 5 heteroatoms. The van der Waals surface area contributed by atoms with Gasteiger partial charge in [-0.25, -0.2) is 4.79 Å². The third-order valence-corrected chi connectivity index (χ3v) is 3.13. The van der Waals surface area contributed by atoms with Gasteiger partial charge in [0.25, 0.3) is 0 Å². The van der Waals surface area contributed by atoms with Gasteiger partial charge in [-0.3, -0.25) is 0 Å². The van der Waals surface area contributed by atoms with Gasteiger partial charge in [0.2, 0.25) is 0 Å². The van der Waals surface area contributed by atoms with Crippen LogP contribution in [0.25, 0.3) is 0 Å². The zero-order valence-electron chi connectivity index (χ0n) is 10.2. The molecule has 2 rings (SSSR count). The van der Waals surface area contributed by atoms with Crippen molar-refractivity contribution in [3.05, 3.63) is 23.8 Å². The van der Waals surface area contributed by atoms with Gasteiger partial charge >= 0.3 is 5.97 Å². The van der Waals surface area contributed by atoms with E-state index in [0.717, 1.165) is 38.3 Å². The topological polar surface area (TPSA) is 84.6 Å². The maximum Gasteiger partial charge on any atom is 0.337 e. The summed E-state index contributed by atoms with van der Waals surface area (Å²) in [7, 11) is 0. The summed E-state index contributed by atoms with van der Waals surface area (Å²) in [5, 5.41) is 12.1. The maximum absolute atomic E-state index is 10.8. The van der Waals surface area contributed by atoms with Gasteiger partial charge in [0.15, 0.2) is 0 Å². The second kappa shape index (κ2) is 5.73. The number of hydrogen-bond acceptors (Lipinski definition) is 4. The van der Waals surface area contributed by atoms with E-state index in [1.165, 1.54) is 6.07 Å². The Hall–Kier alpha value is -1.75. The highest BCUT2D eigenvalue weighted by Crippen LogP contribution is 2.20. The Kier molecular flexibility index (Phi) is 4.04. The number of carbonyl (C=O) groups is 1. The van der Waals surface area contributed by atoms with E-state index in [4.69, 9.17) is 15.6 Å². The molecule has 1 atom stereocenters. The third-order valence-electron chi connectivity index (χ3n) is 3.13. The number of carboxylic acid groups (broad SMARTS) is 1. The summed E-state index contributed by atoms with van der Waals surface area (Å²) < 4.78 is 5.40. The highest BCUT2D eigenvalue weighted by atomic mass is 16.5. The molecule has 1 saturated heterocycles. The van der Waals surface area contributed by atoms with Gasteiger partial charge in [-0.05, 0) is 37.0 Å². The molecule has 0 aromatic heterocycles. The molecule has 1 heterocycles. The minimum atomic E-state index is -1.00. The molecule has 1 fully saturated rings. The van der Waals surface area contributed by atoms with Crippen molar-refractivity contribution < 1.29 is 14.6 Å². The van der Waals surface area contributed by atoms with E-state index in [9.17, 15) is 4.79 Å². The van der Waals surface area contributed by atoms with Crippen LogP contribution in [0.4, 0.5) is 11.4 Å². The van der Waals surface area contributed by atoms with Gasteiger partial charge in [-0.1, -0.05) is 0 Å². The Bertz CT molecular complexity index is 428. The highest BCUT2D eigenvalue weighted by Gasteiger charge is 2.14. The number of rotatable bonds is 4. The normalized spacial score (nSPS) is 19.4. The molecule has 0 spiro atoms. The highest BCUT2D eigenvalue weighted by molar-refractivity contribution is 5.94.